The van der Waals surface area contributed by atoms with Crippen molar-refractivity contribution in [3.05, 3.63) is 36.2 Å². The van der Waals surface area contributed by atoms with Crippen LogP contribution >= 0.6 is 0 Å². The minimum absolute atomic E-state index is 0.0224. The smallest absolute Gasteiger partial charge is 0.253 e. The maximum absolute atomic E-state index is 12.5. The SMILES string of the molecule is CCCCN(CCO)C(=O)c1ccc(-c2ncn(C)n2)cc1. The number of carbonyl (C=O) groups excluding carboxylic acids is 1. The van der Waals surface area contributed by atoms with Crippen molar-refractivity contribution in [3.63, 3.8) is 0 Å². The van der Waals surface area contributed by atoms with Crippen molar-refractivity contribution in [1.29, 1.82) is 0 Å². The van der Waals surface area contributed by atoms with Gasteiger partial charge >= 0.3 is 0 Å². The molecule has 0 aliphatic rings. The van der Waals surface area contributed by atoms with Crippen molar-refractivity contribution >= 4 is 5.91 Å². The first kappa shape index (κ1) is 16.2. The molecule has 1 aromatic carbocycles. The average Bonchev–Trinajstić information content (AvgIpc) is 2.97. The zero-order valence-corrected chi connectivity index (χ0v) is 13.1. The molecule has 0 unspecified atom stereocenters. The maximum Gasteiger partial charge on any atom is 0.253 e. The molecule has 6 heteroatoms. The Morgan fingerprint density at radius 3 is 2.55 bits per heavy atom. The van der Waals surface area contributed by atoms with Gasteiger partial charge in [0.25, 0.3) is 5.91 Å². The van der Waals surface area contributed by atoms with Gasteiger partial charge in [-0.1, -0.05) is 25.5 Å². The number of aromatic nitrogens is 3. The normalized spacial score (nSPS) is 10.7. The summed E-state index contributed by atoms with van der Waals surface area (Å²) in [6.45, 7) is 3.09. The first-order valence-corrected chi connectivity index (χ1v) is 7.52. The van der Waals surface area contributed by atoms with Crippen LogP contribution in [0.3, 0.4) is 0 Å². The van der Waals surface area contributed by atoms with E-state index in [1.54, 1.807) is 28.0 Å². The lowest BCUT2D eigenvalue weighted by atomic mass is 10.1. The van der Waals surface area contributed by atoms with Crippen molar-refractivity contribution in [2.75, 3.05) is 19.7 Å². The van der Waals surface area contributed by atoms with Crippen LogP contribution in [-0.4, -0.2) is 50.4 Å². The molecule has 2 rings (SSSR count). The van der Waals surface area contributed by atoms with Crippen LogP contribution in [-0.2, 0) is 7.05 Å². The fourth-order valence-corrected chi connectivity index (χ4v) is 2.20. The van der Waals surface area contributed by atoms with Gasteiger partial charge in [-0.3, -0.25) is 9.48 Å². The molecule has 0 saturated carbocycles. The molecule has 0 spiro atoms. The molecule has 118 valence electrons. The monoisotopic (exact) mass is 302 g/mol. The average molecular weight is 302 g/mol. The second kappa shape index (κ2) is 7.70. The van der Waals surface area contributed by atoms with E-state index < -0.39 is 0 Å². The Morgan fingerprint density at radius 2 is 2.00 bits per heavy atom. The molecule has 0 aliphatic carbocycles. The molecule has 0 fully saturated rings. The molecule has 0 radical (unpaired) electrons. The summed E-state index contributed by atoms with van der Waals surface area (Å²) in [6, 6.07) is 7.26. The van der Waals surface area contributed by atoms with Gasteiger partial charge in [-0.2, -0.15) is 5.10 Å². The van der Waals surface area contributed by atoms with Gasteiger partial charge in [0, 0.05) is 31.3 Å². The molecule has 0 aliphatic heterocycles. The largest absolute Gasteiger partial charge is 0.395 e. The third-order valence-corrected chi connectivity index (χ3v) is 3.43. The lowest BCUT2D eigenvalue weighted by Crippen LogP contribution is -2.34. The summed E-state index contributed by atoms with van der Waals surface area (Å²) in [5, 5.41) is 13.4. The summed E-state index contributed by atoms with van der Waals surface area (Å²) in [6.07, 6.45) is 3.59. The molecule has 1 heterocycles. The lowest BCUT2D eigenvalue weighted by molar-refractivity contribution is 0.0719. The van der Waals surface area contributed by atoms with Crippen LogP contribution in [0.2, 0.25) is 0 Å². The Morgan fingerprint density at radius 1 is 1.27 bits per heavy atom. The van der Waals surface area contributed by atoms with Crippen molar-refractivity contribution in [2.24, 2.45) is 7.05 Å². The molecular weight excluding hydrogens is 280 g/mol. The number of rotatable bonds is 7. The van der Waals surface area contributed by atoms with Gasteiger partial charge < -0.3 is 10.0 Å². The maximum atomic E-state index is 12.5. The highest BCUT2D eigenvalue weighted by Gasteiger charge is 2.15. The Labute approximate surface area is 130 Å². The van der Waals surface area contributed by atoms with Gasteiger partial charge in [0.1, 0.15) is 6.33 Å². The van der Waals surface area contributed by atoms with Gasteiger partial charge in [0.15, 0.2) is 5.82 Å². The van der Waals surface area contributed by atoms with Crippen molar-refractivity contribution in [3.8, 4) is 11.4 Å². The molecular formula is C16H22N4O2. The van der Waals surface area contributed by atoms with E-state index in [0.717, 1.165) is 18.4 Å². The highest BCUT2D eigenvalue weighted by molar-refractivity contribution is 5.94. The summed E-state index contributed by atoms with van der Waals surface area (Å²) in [4.78, 5) is 18.4. The Balaban J connectivity index is 2.12. The number of unbranched alkanes of at least 4 members (excludes halogenated alkanes) is 1. The van der Waals surface area contributed by atoms with Gasteiger partial charge in [0.05, 0.1) is 6.61 Å². The van der Waals surface area contributed by atoms with Gasteiger partial charge in [-0.25, -0.2) is 4.98 Å². The van der Waals surface area contributed by atoms with E-state index >= 15 is 0 Å². The summed E-state index contributed by atoms with van der Waals surface area (Å²) < 4.78 is 1.64. The van der Waals surface area contributed by atoms with Crippen LogP contribution in [0.1, 0.15) is 30.1 Å². The zero-order valence-electron chi connectivity index (χ0n) is 13.1. The minimum atomic E-state index is -0.0527. The summed E-state index contributed by atoms with van der Waals surface area (Å²) >= 11 is 0. The standard InChI is InChI=1S/C16H22N4O2/c1-3-4-9-20(10-11-21)16(22)14-7-5-13(6-8-14)15-17-12-19(2)18-15/h5-8,12,21H,3-4,9-11H2,1-2H3. The van der Waals surface area contributed by atoms with Crippen molar-refractivity contribution in [2.45, 2.75) is 19.8 Å². The topological polar surface area (TPSA) is 71.2 Å². The third kappa shape index (κ3) is 3.92. The van der Waals surface area contributed by atoms with E-state index in [1.165, 1.54) is 0 Å². The highest BCUT2D eigenvalue weighted by Crippen LogP contribution is 2.16. The fourth-order valence-electron chi connectivity index (χ4n) is 2.20. The second-order valence-corrected chi connectivity index (χ2v) is 5.19. The number of hydrogen-bond donors (Lipinski definition) is 1. The third-order valence-electron chi connectivity index (χ3n) is 3.43. The molecule has 1 aromatic heterocycles. The molecule has 0 bridgehead atoms. The van der Waals surface area contributed by atoms with Crippen LogP contribution in [0.25, 0.3) is 11.4 Å². The van der Waals surface area contributed by atoms with Crippen LogP contribution in [0.5, 0.6) is 0 Å². The minimum Gasteiger partial charge on any atom is -0.395 e. The summed E-state index contributed by atoms with van der Waals surface area (Å²) in [5.74, 6) is 0.586. The van der Waals surface area contributed by atoms with E-state index in [0.29, 0.717) is 24.5 Å². The number of aryl methyl sites for hydroxylation is 1. The number of carbonyl (C=O) groups is 1. The van der Waals surface area contributed by atoms with E-state index in [2.05, 4.69) is 17.0 Å². The first-order valence-electron chi connectivity index (χ1n) is 7.52. The molecule has 0 atom stereocenters. The zero-order chi connectivity index (χ0) is 15.9. The number of aliphatic hydroxyl groups excluding tert-OH is 1. The van der Waals surface area contributed by atoms with Crippen LogP contribution in [0.15, 0.2) is 30.6 Å². The fraction of sp³-hybridized carbons (Fsp3) is 0.438. The second-order valence-electron chi connectivity index (χ2n) is 5.19. The van der Waals surface area contributed by atoms with Crippen molar-refractivity contribution in [1.82, 2.24) is 19.7 Å². The van der Waals surface area contributed by atoms with E-state index in [4.69, 9.17) is 5.11 Å². The Bertz CT molecular complexity index is 607. The van der Waals surface area contributed by atoms with Crippen LogP contribution < -0.4 is 0 Å². The molecule has 1 amide bonds. The lowest BCUT2D eigenvalue weighted by Gasteiger charge is -2.21. The highest BCUT2D eigenvalue weighted by atomic mass is 16.3. The van der Waals surface area contributed by atoms with E-state index in [-0.39, 0.29) is 12.5 Å². The molecule has 0 saturated heterocycles. The molecule has 1 N–H and O–H groups in total. The Kier molecular flexibility index (Phi) is 5.66. The number of amides is 1. The van der Waals surface area contributed by atoms with Gasteiger partial charge in [-0.05, 0) is 18.6 Å². The van der Waals surface area contributed by atoms with Crippen LogP contribution in [0.4, 0.5) is 0 Å². The predicted molar refractivity (Wildman–Crippen MR) is 84.3 cm³/mol. The predicted octanol–water partition coefficient (Wildman–Crippen LogP) is 1.72. The summed E-state index contributed by atoms with van der Waals surface area (Å²) in [7, 11) is 1.81. The van der Waals surface area contributed by atoms with E-state index in [1.807, 2.05) is 19.2 Å². The quantitative estimate of drug-likeness (QED) is 0.845. The van der Waals surface area contributed by atoms with Crippen LogP contribution in [0, 0.1) is 0 Å². The number of aliphatic hydroxyl groups is 1. The van der Waals surface area contributed by atoms with Gasteiger partial charge in [-0.15, -0.1) is 0 Å². The molecule has 22 heavy (non-hydrogen) atoms. The van der Waals surface area contributed by atoms with Crippen molar-refractivity contribution < 1.29 is 9.90 Å². The molecule has 2 aromatic rings. The number of nitrogens with zero attached hydrogens (tertiary/aromatic N) is 4. The first-order chi connectivity index (χ1) is 10.7. The number of benzene rings is 1. The van der Waals surface area contributed by atoms with Gasteiger partial charge in [0.2, 0.25) is 0 Å². The molecule has 6 nitrogen and oxygen atoms in total. The Hall–Kier alpha value is -2.21. The number of hydrogen-bond acceptors (Lipinski definition) is 4. The van der Waals surface area contributed by atoms with E-state index in [9.17, 15) is 4.79 Å². The summed E-state index contributed by atoms with van der Waals surface area (Å²) in [5.41, 5.74) is 1.49.